The zero-order valence-corrected chi connectivity index (χ0v) is 9.39. The fraction of sp³-hybridized carbons (Fsp3) is 0. The SMILES string of the molecule is [S-][n+]1c[nH]c2ccccc21.c1ccncc1. The molecule has 0 aliphatic heterocycles. The molecule has 80 valence electrons. The number of aromatic amines is 1. The van der Waals surface area contributed by atoms with E-state index in [0.29, 0.717) is 0 Å². The molecule has 16 heavy (non-hydrogen) atoms. The van der Waals surface area contributed by atoms with Gasteiger partial charge >= 0.3 is 0 Å². The second kappa shape index (κ2) is 5.23. The second-order valence-electron chi connectivity index (χ2n) is 3.14. The van der Waals surface area contributed by atoms with E-state index in [2.05, 4.69) is 9.97 Å². The third-order valence-corrected chi connectivity index (χ3v) is 2.35. The molecule has 2 heterocycles. The van der Waals surface area contributed by atoms with Gasteiger partial charge in [0, 0.05) is 12.4 Å². The number of pyridine rings is 1. The van der Waals surface area contributed by atoms with E-state index in [1.54, 1.807) is 22.7 Å². The first-order valence-electron chi connectivity index (χ1n) is 4.88. The number of imidazole rings is 1. The number of nitrogens with one attached hydrogen (secondary N) is 1. The Labute approximate surface area is 99.3 Å². The number of hydrogen-bond donors (Lipinski definition) is 1. The smallest absolute Gasteiger partial charge is 0.225 e. The van der Waals surface area contributed by atoms with Crippen LogP contribution in [0.5, 0.6) is 0 Å². The van der Waals surface area contributed by atoms with E-state index >= 15 is 0 Å². The lowest BCUT2D eigenvalue weighted by molar-refractivity contribution is -0.461. The summed E-state index contributed by atoms with van der Waals surface area (Å²) in [6.07, 6.45) is 5.26. The molecular formula is C12H11N3S. The summed E-state index contributed by atoms with van der Waals surface area (Å²) in [5.41, 5.74) is 2.13. The fourth-order valence-electron chi connectivity index (χ4n) is 1.30. The first kappa shape index (κ1) is 10.6. The molecule has 0 saturated carbocycles. The van der Waals surface area contributed by atoms with Crippen LogP contribution in [0.3, 0.4) is 0 Å². The van der Waals surface area contributed by atoms with Crippen LogP contribution in [0, 0.1) is 0 Å². The number of H-pyrrole nitrogens is 1. The van der Waals surface area contributed by atoms with E-state index in [1.807, 2.05) is 42.5 Å². The molecular weight excluding hydrogens is 218 g/mol. The largest absolute Gasteiger partial charge is 0.554 e. The number of benzene rings is 1. The van der Waals surface area contributed by atoms with Crippen LogP contribution in [-0.4, -0.2) is 9.97 Å². The summed E-state index contributed by atoms with van der Waals surface area (Å²) < 4.78 is 1.65. The van der Waals surface area contributed by atoms with Crippen LogP contribution in [0.15, 0.2) is 61.2 Å². The van der Waals surface area contributed by atoms with Gasteiger partial charge in [-0.15, -0.1) is 0 Å². The van der Waals surface area contributed by atoms with Crippen molar-refractivity contribution in [3.8, 4) is 0 Å². The van der Waals surface area contributed by atoms with Gasteiger partial charge in [-0.05, 0) is 24.3 Å². The quantitative estimate of drug-likeness (QED) is 0.471. The van der Waals surface area contributed by atoms with Crippen molar-refractivity contribution in [2.45, 2.75) is 0 Å². The summed E-state index contributed by atoms with van der Waals surface area (Å²) in [6.45, 7) is 0. The van der Waals surface area contributed by atoms with Crippen molar-refractivity contribution in [3.63, 3.8) is 0 Å². The molecule has 0 aliphatic rings. The third kappa shape index (κ3) is 2.55. The molecule has 1 N–H and O–H groups in total. The minimum Gasteiger partial charge on any atom is -0.554 e. The van der Waals surface area contributed by atoms with Gasteiger partial charge in [0.2, 0.25) is 6.33 Å². The molecule has 0 radical (unpaired) electrons. The van der Waals surface area contributed by atoms with Crippen molar-refractivity contribution < 1.29 is 3.97 Å². The molecule has 3 nitrogen and oxygen atoms in total. The van der Waals surface area contributed by atoms with Gasteiger partial charge in [-0.25, -0.2) is 4.98 Å². The highest BCUT2D eigenvalue weighted by Gasteiger charge is 1.97. The highest BCUT2D eigenvalue weighted by atomic mass is 32.1. The molecule has 3 aromatic rings. The van der Waals surface area contributed by atoms with Gasteiger partial charge in [0.25, 0.3) is 0 Å². The number of hydrogen-bond acceptors (Lipinski definition) is 2. The van der Waals surface area contributed by atoms with Crippen LogP contribution >= 0.6 is 0 Å². The molecule has 0 saturated heterocycles. The Hall–Kier alpha value is -1.94. The summed E-state index contributed by atoms with van der Waals surface area (Å²) in [4.78, 5) is 6.83. The summed E-state index contributed by atoms with van der Waals surface area (Å²) in [7, 11) is 0. The predicted molar refractivity (Wildman–Crippen MR) is 65.5 cm³/mol. The number of aromatic nitrogens is 3. The fourth-order valence-corrected chi connectivity index (χ4v) is 1.51. The molecule has 0 spiro atoms. The van der Waals surface area contributed by atoms with Crippen LogP contribution in [0.25, 0.3) is 11.0 Å². The maximum Gasteiger partial charge on any atom is 0.225 e. The van der Waals surface area contributed by atoms with E-state index < -0.39 is 0 Å². The average Bonchev–Trinajstić information content (AvgIpc) is 2.75. The summed E-state index contributed by atoms with van der Waals surface area (Å²) in [5.74, 6) is 0. The molecule has 0 fully saturated rings. The van der Waals surface area contributed by atoms with Gasteiger partial charge in [0.1, 0.15) is 0 Å². The van der Waals surface area contributed by atoms with Gasteiger partial charge in [-0.1, -0.05) is 18.2 Å². The lowest BCUT2D eigenvalue weighted by Gasteiger charge is -1.94. The molecule has 4 heteroatoms. The summed E-state index contributed by atoms with van der Waals surface area (Å²) in [6, 6.07) is 13.6. The summed E-state index contributed by atoms with van der Waals surface area (Å²) >= 11 is 4.97. The van der Waals surface area contributed by atoms with Crippen LogP contribution in [0.1, 0.15) is 0 Å². The van der Waals surface area contributed by atoms with Crippen molar-refractivity contribution in [2.75, 3.05) is 0 Å². The number of nitrogens with zero attached hydrogens (tertiary/aromatic N) is 2. The molecule has 2 aromatic heterocycles. The first-order valence-corrected chi connectivity index (χ1v) is 5.25. The molecule has 0 atom stereocenters. The van der Waals surface area contributed by atoms with Crippen molar-refractivity contribution >= 4 is 23.8 Å². The Balaban J connectivity index is 0.000000138. The molecule has 1 aromatic carbocycles. The standard InChI is InChI=1S/C7H6N2S.C5H5N/c10-9-5-8-6-3-1-2-4-7(6)9;1-2-4-6-5-3-1/h1-5,8H;1-5H. The monoisotopic (exact) mass is 229 g/mol. The van der Waals surface area contributed by atoms with E-state index in [4.69, 9.17) is 12.8 Å². The molecule has 0 bridgehead atoms. The second-order valence-corrected chi connectivity index (χ2v) is 3.53. The zero-order valence-electron chi connectivity index (χ0n) is 8.58. The highest BCUT2D eigenvalue weighted by Crippen LogP contribution is 2.03. The predicted octanol–water partition coefficient (Wildman–Crippen LogP) is 1.85. The maximum atomic E-state index is 4.97. The Morgan fingerprint density at radius 1 is 1.00 bits per heavy atom. The van der Waals surface area contributed by atoms with Crippen molar-refractivity contribution in [2.24, 2.45) is 0 Å². The van der Waals surface area contributed by atoms with E-state index in [1.165, 1.54) is 0 Å². The zero-order chi connectivity index (χ0) is 11.2. The van der Waals surface area contributed by atoms with Gasteiger partial charge in [0.05, 0.1) is 0 Å². The topological polar surface area (TPSA) is 32.6 Å². The Morgan fingerprint density at radius 2 is 1.75 bits per heavy atom. The number of fused-ring (bicyclic) bond motifs is 1. The van der Waals surface area contributed by atoms with Crippen molar-refractivity contribution in [1.29, 1.82) is 0 Å². The van der Waals surface area contributed by atoms with Crippen LogP contribution in [0.4, 0.5) is 0 Å². The third-order valence-electron chi connectivity index (χ3n) is 2.05. The lowest BCUT2D eigenvalue weighted by Crippen LogP contribution is -2.22. The highest BCUT2D eigenvalue weighted by molar-refractivity contribution is 7.51. The Bertz CT molecular complexity index is 522. The van der Waals surface area contributed by atoms with E-state index in [-0.39, 0.29) is 0 Å². The molecule has 0 aliphatic carbocycles. The minimum atomic E-state index is 1.05. The molecule has 0 amide bonds. The minimum absolute atomic E-state index is 1.05. The lowest BCUT2D eigenvalue weighted by atomic mass is 10.3. The van der Waals surface area contributed by atoms with Gasteiger partial charge in [-0.2, -0.15) is 0 Å². The summed E-state index contributed by atoms with van der Waals surface area (Å²) in [5, 5.41) is 0. The normalized spacial score (nSPS) is 9.50. The maximum absolute atomic E-state index is 4.97. The van der Waals surface area contributed by atoms with Crippen LogP contribution < -0.4 is 3.97 Å². The van der Waals surface area contributed by atoms with Crippen molar-refractivity contribution in [1.82, 2.24) is 9.97 Å². The van der Waals surface area contributed by atoms with E-state index in [0.717, 1.165) is 11.0 Å². The van der Waals surface area contributed by atoms with Crippen LogP contribution in [0.2, 0.25) is 0 Å². The Kier molecular flexibility index (Phi) is 3.46. The van der Waals surface area contributed by atoms with Gasteiger partial charge in [-0.3, -0.25) is 4.98 Å². The van der Waals surface area contributed by atoms with E-state index in [9.17, 15) is 0 Å². The Morgan fingerprint density at radius 3 is 2.31 bits per heavy atom. The average molecular weight is 229 g/mol. The van der Waals surface area contributed by atoms with Crippen LogP contribution in [-0.2, 0) is 12.8 Å². The van der Waals surface area contributed by atoms with Gasteiger partial charge in [0.15, 0.2) is 11.0 Å². The number of para-hydroxylation sites is 2. The van der Waals surface area contributed by atoms with Crippen molar-refractivity contribution in [3.05, 3.63) is 61.2 Å². The molecule has 3 rings (SSSR count). The number of rotatable bonds is 0. The van der Waals surface area contributed by atoms with Gasteiger partial charge < -0.3 is 16.8 Å². The molecule has 0 unspecified atom stereocenters. The first-order chi connectivity index (χ1) is 7.88.